The van der Waals surface area contributed by atoms with E-state index in [1.54, 1.807) is 0 Å². The maximum Gasteiger partial charge on any atom is 0.407 e. The van der Waals surface area contributed by atoms with Gasteiger partial charge in [-0.25, -0.2) is 4.79 Å². The lowest BCUT2D eigenvalue weighted by Gasteiger charge is -2.19. The average Bonchev–Trinajstić information content (AvgIpc) is 2.66. The van der Waals surface area contributed by atoms with E-state index in [2.05, 4.69) is 15.5 Å². The molecule has 2 heterocycles. The van der Waals surface area contributed by atoms with Crippen LogP contribution in [0.5, 0.6) is 0 Å². The van der Waals surface area contributed by atoms with Crippen LogP contribution in [0, 0.1) is 6.92 Å². The van der Waals surface area contributed by atoms with Gasteiger partial charge in [-0.05, 0) is 45.4 Å². The highest BCUT2D eigenvalue weighted by Gasteiger charge is 2.15. The van der Waals surface area contributed by atoms with Crippen molar-refractivity contribution in [1.29, 1.82) is 0 Å². The maximum absolute atomic E-state index is 11.5. The Morgan fingerprint density at radius 1 is 1.42 bits per heavy atom. The summed E-state index contributed by atoms with van der Waals surface area (Å²) in [6, 6.07) is 3.80. The van der Waals surface area contributed by atoms with Crippen molar-refractivity contribution in [3.8, 4) is 0 Å². The number of carbonyl (C=O) groups excluding carboxylic acids is 1. The van der Waals surface area contributed by atoms with Crippen LogP contribution in [-0.2, 0) is 11.3 Å². The van der Waals surface area contributed by atoms with Crippen LogP contribution in [0.1, 0.15) is 32.2 Å². The predicted octanol–water partition coefficient (Wildman–Crippen LogP) is 2.06. The Morgan fingerprint density at radius 3 is 2.84 bits per heavy atom. The van der Waals surface area contributed by atoms with Gasteiger partial charge in [-0.1, -0.05) is 0 Å². The highest BCUT2D eigenvalue weighted by molar-refractivity contribution is 5.67. The molecule has 6 heteroatoms. The van der Waals surface area contributed by atoms with E-state index in [1.165, 1.54) is 0 Å². The van der Waals surface area contributed by atoms with Crippen LogP contribution in [0.4, 0.5) is 4.79 Å². The number of rotatable bonds is 2. The Labute approximate surface area is 111 Å². The second-order valence-corrected chi connectivity index (χ2v) is 5.37. The van der Waals surface area contributed by atoms with Gasteiger partial charge in [0.25, 0.3) is 0 Å². The molecule has 6 nitrogen and oxygen atoms in total. The number of aryl methyl sites for hydroxylation is 1. The second kappa shape index (κ2) is 4.87. The molecule has 0 radical (unpaired) electrons. The van der Waals surface area contributed by atoms with E-state index in [1.807, 2.05) is 50.4 Å². The number of nitrogens with one attached hydrogen (secondary N) is 1. The minimum Gasteiger partial charge on any atom is -0.444 e. The summed E-state index contributed by atoms with van der Waals surface area (Å²) >= 11 is 0. The van der Waals surface area contributed by atoms with E-state index in [-0.39, 0.29) is 0 Å². The Hall–Kier alpha value is -2.11. The Morgan fingerprint density at radius 2 is 2.16 bits per heavy atom. The van der Waals surface area contributed by atoms with Gasteiger partial charge >= 0.3 is 6.09 Å². The van der Waals surface area contributed by atoms with Crippen LogP contribution in [0.3, 0.4) is 0 Å². The molecule has 2 aromatic rings. The monoisotopic (exact) mass is 262 g/mol. The van der Waals surface area contributed by atoms with E-state index in [4.69, 9.17) is 4.74 Å². The lowest BCUT2D eigenvalue weighted by molar-refractivity contribution is 0.0523. The largest absolute Gasteiger partial charge is 0.444 e. The molecule has 1 N–H and O–H groups in total. The summed E-state index contributed by atoms with van der Waals surface area (Å²) in [5.74, 6) is 0.835. The first-order valence-corrected chi connectivity index (χ1v) is 6.12. The molecule has 0 aliphatic carbocycles. The van der Waals surface area contributed by atoms with Crippen molar-refractivity contribution in [3.05, 3.63) is 29.7 Å². The third kappa shape index (κ3) is 3.43. The standard InChI is InChI=1S/C13H18N4O2/c1-9-15-16-11-7-10(5-6-17(9)11)8-14-12(18)19-13(2,3)4/h5-7H,8H2,1-4H3,(H,14,18). The summed E-state index contributed by atoms with van der Waals surface area (Å²) in [4.78, 5) is 11.5. The molecular formula is C13H18N4O2. The van der Waals surface area contributed by atoms with E-state index in [0.29, 0.717) is 6.54 Å². The van der Waals surface area contributed by atoms with Crippen LogP contribution in [0.15, 0.2) is 18.3 Å². The predicted molar refractivity (Wildman–Crippen MR) is 70.8 cm³/mol. The van der Waals surface area contributed by atoms with Crippen molar-refractivity contribution in [2.24, 2.45) is 0 Å². The van der Waals surface area contributed by atoms with Crippen molar-refractivity contribution in [3.63, 3.8) is 0 Å². The fraction of sp³-hybridized carbons (Fsp3) is 0.462. The quantitative estimate of drug-likeness (QED) is 0.899. The van der Waals surface area contributed by atoms with Crippen molar-refractivity contribution in [2.75, 3.05) is 0 Å². The number of carbonyl (C=O) groups is 1. The highest BCUT2D eigenvalue weighted by atomic mass is 16.6. The van der Waals surface area contributed by atoms with E-state index in [0.717, 1.165) is 17.0 Å². The Kier molecular flexibility index (Phi) is 3.42. The first-order chi connectivity index (χ1) is 8.85. The van der Waals surface area contributed by atoms with Crippen LogP contribution >= 0.6 is 0 Å². The zero-order valence-corrected chi connectivity index (χ0v) is 11.6. The van der Waals surface area contributed by atoms with Gasteiger partial charge in [0, 0.05) is 12.7 Å². The average molecular weight is 262 g/mol. The van der Waals surface area contributed by atoms with Gasteiger partial charge in [0.2, 0.25) is 0 Å². The molecule has 0 saturated carbocycles. The number of amides is 1. The number of fused-ring (bicyclic) bond motifs is 1. The maximum atomic E-state index is 11.5. The third-order valence-corrected chi connectivity index (χ3v) is 2.48. The molecule has 1 amide bonds. The Balaban J connectivity index is 2.00. The molecule has 19 heavy (non-hydrogen) atoms. The van der Waals surface area contributed by atoms with E-state index in [9.17, 15) is 4.79 Å². The van der Waals surface area contributed by atoms with E-state index < -0.39 is 11.7 Å². The Bertz CT molecular complexity index is 598. The molecule has 2 rings (SSSR count). The molecule has 0 saturated heterocycles. The lowest BCUT2D eigenvalue weighted by atomic mass is 10.2. The fourth-order valence-corrected chi connectivity index (χ4v) is 1.65. The van der Waals surface area contributed by atoms with Gasteiger partial charge in [0.15, 0.2) is 5.65 Å². The van der Waals surface area contributed by atoms with E-state index >= 15 is 0 Å². The van der Waals surface area contributed by atoms with Gasteiger partial charge < -0.3 is 10.1 Å². The number of aromatic nitrogens is 3. The molecule has 0 atom stereocenters. The SMILES string of the molecule is Cc1nnc2cc(CNC(=O)OC(C)(C)C)ccn12. The highest BCUT2D eigenvalue weighted by Crippen LogP contribution is 2.09. The third-order valence-electron chi connectivity index (χ3n) is 2.48. The normalized spacial score (nSPS) is 11.6. The minimum absolute atomic E-state index is 0.400. The zero-order valence-electron chi connectivity index (χ0n) is 11.6. The summed E-state index contributed by atoms with van der Waals surface area (Å²) in [6.07, 6.45) is 1.46. The minimum atomic E-state index is -0.488. The summed E-state index contributed by atoms with van der Waals surface area (Å²) in [5, 5.41) is 10.7. The summed E-state index contributed by atoms with van der Waals surface area (Å²) in [6.45, 7) is 7.78. The number of hydrogen-bond donors (Lipinski definition) is 1. The van der Waals surface area contributed by atoms with Crippen LogP contribution in [0.2, 0.25) is 0 Å². The molecular weight excluding hydrogens is 244 g/mol. The zero-order chi connectivity index (χ0) is 14.0. The summed E-state index contributed by atoms with van der Waals surface area (Å²) < 4.78 is 7.05. The number of hydrogen-bond acceptors (Lipinski definition) is 4. The smallest absolute Gasteiger partial charge is 0.407 e. The van der Waals surface area contributed by atoms with Gasteiger partial charge in [-0.15, -0.1) is 10.2 Å². The topological polar surface area (TPSA) is 68.5 Å². The van der Waals surface area contributed by atoms with Crippen molar-refractivity contribution in [1.82, 2.24) is 19.9 Å². The van der Waals surface area contributed by atoms with Crippen molar-refractivity contribution in [2.45, 2.75) is 39.8 Å². The molecule has 0 spiro atoms. The van der Waals surface area contributed by atoms with Gasteiger partial charge in [-0.2, -0.15) is 0 Å². The van der Waals surface area contributed by atoms with Crippen LogP contribution in [0.25, 0.3) is 5.65 Å². The molecule has 0 bridgehead atoms. The molecule has 102 valence electrons. The molecule has 0 fully saturated rings. The van der Waals surface area contributed by atoms with Gasteiger partial charge in [0.1, 0.15) is 11.4 Å². The summed E-state index contributed by atoms with van der Waals surface area (Å²) in [5.41, 5.74) is 1.23. The van der Waals surface area contributed by atoms with Crippen LogP contribution < -0.4 is 5.32 Å². The van der Waals surface area contributed by atoms with Gasteiger partial charge in [0.05, 0.1) is 0 Å². The summed E-state index contributed by atoms with van der Waals surface area (Å²) in [7, 11) is 0. The first kappa shape index (κ1) is 13.3. The second-order valence-electron chi connectivity index (χ2n) is 5.37. The van der Waals surface area contributed by atoms with Crippen molar-refractivity contribution >= 4 is 11.7 Å². The number of pyridine rings is 1. The lowest BCUT2D eigenvalue weighted by Crippen LogP contribution is -2.32. The fourth-order valence-electron chi connectivity index (χ4n) is 1.65. The molecule has 0 aliphatic heterocycles. The molecule has 0 unspecified atom stereocenters. The molecule has 2 aromatic heterocycles. The number of ether oxygens (including phenoxy) is 1. The molecule has 0 aromatic carbocycles. The van der Waals surface area contributed by atoms with Gasteiger partial charge in [-0.3, -0.25) is 4.40 Å². The first-order valence-electron chi connectivity index (χ1n) is 6.12. The number of nitrogens with zero attached hydrogens (tertiary/aromatic N) is 3. The van der Waals surface area contributed by atoms with Crippen LogP contribution in [-0.4, -0.2) is 26.3 Å². The van der Waals surface area contributed by atoms with Crippen molar-refractivity contribution < 1.29 is 9.53 Å². The number of alkyl carbamates (subject to hydrolysis) is 1. The molecule has 0 aliphatic rings.